The fourth-order valence-corrected chi connectivity index (χ4v) is 2.77. The Kier molecular flexibility index (Phi) is 5.27. The second kappa shape index (κ2) is 7.48. The SMILES string of the molecule is CC[C@](C)(NCc1ccccc1)c1nnnn1-c1cccc(C(F)(F)F)c1. The summed E-state index contributed by atoms with van der Waals surface area (Å²) in [7, 11) is 0. The van der Waals surface area contributed by atoms with Gasteiger partial charge in [0.15, 0.2) is 5.82 Å². The van der Waals surface area contributed by atoms with Crippen LogP contribution in [0.15, 0.2) is 54.6 Å². The molecule has 1 N–H and O–H groups in total. The lowest BCUT2D eigenvalue weighted by atomic mass is 9.97. The molecule has 0 saturated heterocycles. The molecule has 1 aromatic heterocycles. The van der Waals surface area contributed by atoms with Gasteiger partial charge in [-0.3, -0.25) is 0 Å². The summed E-state index contributed by atoms with van der Waals surface area (Å²) in [5.41, 5.74) is 0.00583. The summed E-state index contributed by atoms with van der Waals surface area (Å²) in [6.07, 6.45) is -3.77. The van der Waals surface area contributed by atoms with E-state index in [1.165, 1.54) is 10.7 Å². The van der Waals surface area contributed by atoms with Crippen molar-refractivity contribution in [3.8, 4) is 5.69 Å². The highest BCUT2D eigenvalue weighted by atomic mass is 19.4. The number of aromatic nitrogens is 4. The van der Waals surface area contributed by atoms with E-state index in [1.54, 1.807) is 6.07 Å². The Hall–Kier alpha value is -2.74. The van der Waals surface area contributed by atoms with Gasteiger partial charge in [-0.25, -0.2) is 0 Å². The Morgan fingerprint density at radius 3 is 2.44 bits per heavy atom. The van der Waals surface area contributed by atoms with Gasteiger partial charge in [0.1, 0.15) is 0 Å². The highest BCUT2D eigenvalue weighted by Gasteiger charge is 2.33. The Labute approximate surface area is 155 Å². The summed E-state index contributed by atoms with van der Waals surface area (Å²) in [6.45, 7) is 4.50. The molecule has 27 heavy (non-hydrogen) atoms. The van der Waals surface area contributed by atoms with E-state index in [2.05, 4.69) is 20.8 Å². The third kappa shape index (κ3) is 4.16. The quantitative estimate of drug-likeness (QED) is 0.705. The normalized spacial score (nSPS) is 14.1. The number of halogens is 3. The molecule has 0 radical (unpaired) electrons. The maximum atomic E-state index is 13.0. The first kappa shape index (κ1) is 19.0. The highest BCUT2D eigenvalue weighted by Crippen LogP contribution is 2.31. The second-order valence-electron chi connectivity index (χ2n) is 6.49. The van der Waals surface area contributed by atoms with Crippen LogP contribution in [-0.2, 0) is 18.3 Å². The van der Waals surface area contributed by atoms with Gasteiger partial charge in [-0.05, 0) is 47.5 Å². The summed E-state index contributed by atoms with van der Waals surface area (Å²) in [5, 5.41) is 15.2. The lowest BCUT2D eigenvalue weighted by Crippen LogP contribution is -2.41. The van der Waals surface area contributed by atoms with Crippen molar-refractivity contribution in [2.24, 2.45) is 0 Å². The topological polar surface area (TPSA) is 55.6 Å². The van der Waals surface area contributed by atoms with Crippen molar-refractivity contribution in [1.29, 1.82) is 0 Å². The zero-order valence-electron chi connectivity index (χ0n) is 15.0. The third-order valence-corrected chi connectivity index (χ3v) is 4.61. The van der Waals surface area contributed by atoms with Crippen molar-refractivity contribution in [1.82, 2.24) is 25.5 Å². The predicted octanol–water partition coefficient (Wildman–Crippen LogP) is 4.10. The molecule has 0 aliphatic carbocycles. The Morgan fingerprint density at radius 2 is 1.78 bits per heavy atom. The zero-order valence-corrected chi connectivity index (χ0v) is 15.0. The smallest absolute Gasteiger partial charge is 0.301 e. The fraction of sp³-hybridized carbons (Fsp3) is 0.316. The minimum absolute atomic E-state index is 0.269. The average Bonchev–Trinajstić information content (AvgIpc) is 3.17. The summed E-state index contributed by atoms with van der Waals surface area (Å²) >= 11 is 0. The number of hydrogen-bond acceptors (Lipinski definition) is 4. The summed E-state index contributed by atoms with van der Waals surface area (Å²) in [6, 6.07) is 14.8. The molecule has 2 aromatic carbocycles. The van der Waals surface area contributed by atoms with Gasteiger partial charge in [-0.15, -0.1) is 5.10 Å². The minimum Gasteiger partial charge on any atom is -0.301 e. The lowest BCUT2D eigenvalue weighted by Gasteiger charge is -2.28. The molecule has 0 aliphatic rings. The number of tetrazole rings is 1. The van der Waals surface area contributed by atoms with Crippen LogP contribution in [0, 0.1) is 0 Å². The van der Waals surface area contributed by atoms with Crippen LogP contribution < -0.4 is 5.32 Å². The van der Waals surface area contributed by atoms with E-state index in [4.69, 9.17) is 0 Å². The van der Waals surface area contributed by atoms with Crippen molar-refractivity contribution >= 4 is 0 Å². The zero-order chi connectivity index (χ0) is 19.5. The molecule has 0 unspecified atom stereocenters. The minimum atomic E-state index is -4.43. The largest absolute Gasteiger partial charge is 0.416 e. The number of hydrogen-bond donors (Lipinski definition) is 1. The summed E-state index contributed by atoms with van der Waals surface area (Å²) in [5.74, 6) is 0.459. The van der Waals surface area contributed by atoms with Crippen molar-refractivity contribution in [2.75, 3.05) is 0 Å². The number of benzene rings is 2. The lowest BCUT2D eigenvalue weighted by molar-refractivity contribution is -0.137. The van der Waals surface area contributed by atoms with Crippen molar-refractivity contribution in [3.05, 3.63) is 71.5 Å². The van der Waals surface area contributed by atoms with E-state index in [9.17, 15) is 13.2 Å². The summed E-state index contributed by atoms with van der Waals surface area (Å²) < 4.78 is 40.5. The van der Waals surface area contributed by atoms with Crippen LogP contribution in [-0.4, -0.2) is 20.2 Å². The van der Waals surface area contributed by atoms with E-state index in [1.807, 2.05) is 44.2 Å². The highest BCUT2D eigenvalue weighted by molar-refractivity contribution is 5.37. The first-order valence-electron chi connectivity index (χ1n) is 8.59. The molecule has 3 aromatic rings. The molecule has 8 heteroatoms. The molecule has 0 fully saturated rings. The molecular weight excluding hydrogens is 355 g/mol. The van der Waals surface area contributed by atoms with Gasteiger partial charge in [-0.1, -0.05) is 43.3 Å². The second-order valence-corrected chi connectivity index (χ2v) is 6.49. The molecule has 0 spiro atoms. The van der Waals surface area contributed by atoms with E-state index < -0.39 is 17.3 Å². The van der Waals surface area contributed by atoms with Crippen molar-refractivity contribution in [2.45, 2.75) is 38.5 Å². The van der Waals surface area contributed by atoms with Crippen LogP contribution >= 0.6 is 0 Å². The number of nitrogens with one attached hydrogen (secondary N) is 1. The van der Waals surface area contributed by atoms with Gasteiger partial charge < -0.3 is 5.32 Å². The van der Waals surface area contributed by atoms with Crippen LogP contribution in [0.2, 0.25) is 0 Å². The molecule has 0 amide bonds. The van der Waals surface area contributed by atoms with Crippen LogP contribution in [0.5, 0.6) is 0 Å². The summed E-state index contributed by atoms with van der Waals surface area (Å²) in [4.78, 5) is 0. The van der Waals surface area contributed by atoms with E-state index in [0.717, 1.165) is 17.7 Å². The fourth-order valence-electron chi connectivity index (χ4n) is 2.77. The molecule has 0 aliphatic heterocycles. The van der Waals surface area contributed by atoms with Gasteiger partial charge >= 0.3 is 6.18 Å². The van der Waals surface area contributed by atoms with Crippen LogP contribution in [0.4, 0.5) is 13.2 Å². The number of alkyl halides is 3. The Morgan fingerprint density at radius 1 is 1.04 bits per heavy atom. The Balaban J connectivity index is 1.92. The Bertz CT molecular complexity index is 892. The van der Waals surface area contributed by atoms with Gasteiger partial charge in [0.25, 0.3) is 0 Å². The van der Waals surface area contributed by atoms with E-state index in [-0.39, 0.29) is 5.69 Å². The van der Waals surface area contributed by atoms with Gasteiger partial charge in [0.2, 0.25) is 0 Å². The molecular formula is C19H20F3N5. The van der Waals surface area contributed by atoms with Crippen LogP contribution in [0.1, 0.15) is 37.2 Å². The standard InChI is InChI=1S/C19H20F3N5/c1-3-18(2,23-13-14-8-5-4-6-9-14)17-24-25-26-27(17)16-11-7-10-15(12-16)19(20,21)22/h4-12,23H,3,13H2,1-2H3/t18-/m0/s1. The molecule has 5 nitrogen and oxygen atoms in total. The third-order valence-electron chi connectivity index (χ3n) is 4.61. The van der Waals surface area contributed by atoms with Gasteiger partial charge in [0.05, 0.1) is 16.8 Å². The average molecular weight is 375 g/mol. The molecule has 0 saturated carbocycles. The number of nitrogens with zero attached hydrogens (tertiary/aromatic N) is 4. The van der Waals surface area contributed by atoms with Gasteiger partial charge in [-0.2, -0.15) is 17.9 Å². The maximum absolute atomic E-state index is 13.0. The van der Waals surface area contributed by atoms with E-state index in [0.29, 0.717) is 18.8 Å². The van der Waals surface area contributed by atoms with E-state index >= 15 is 0 Å². The predicted molar refractivity (Wildman–Crippen MR) is 95.1 cm³/mol. The molecule has 0 bridgehead atoms. The molecule has 3 rings (SSSR count). The van der Waals surface area contributed by atoms with Crippen LogP contribution in [0.25, 0.3) is 5.69 Å². The molecule has 1 heterocycles. The monoisotopic (exact) mass is 375 g/mol. The number of rotatable bonds is 6. The molecule has 1 atom stereocenters. The first-order valence-corrected chi connectivity index (χ1v) is 8.59. The molecule has 142 valence electrons. The first-order chi connectivity index (χ1) is 12.8. The van der Waals surface area contributed by atoms with Crippen LogP contribution in [0.3, 0.4) is 0 Å². The van der Waals surface area contributed by atoms with Gasteiger partial charge in [0, 0.05) is 6.54 Å². The maximum Gasteiger partial charge on any atom is 0.416 e. The van der Waals surface area contributed by atoms with Crippen molar-refractivity contribution in [3.63, 3.8) is 0 Å². The van der Waals surface area contributed by atoms with Crippen molar-refractivity contribution < 1.29 is 13.2 Å².